The van der Waals surface area contributed by atoms with Crippen LogP contribution >= 0.6 is 11.6 Å². The highest BCUT2D eigenvalue weighted by atomic mass is 35.5. The first-order valence-corrected chi connectivity index (χ1v) is 9.64. The Kier molecular flexibility index (Phi) is 6.21. The molecule has 3 aromatic rings. The molecule has 0 saturated heterocycles. The molecule has 3 rings (SSSR count). The fourth-order valence-corrected chi connectivity index (χ4v) is 2.80. The van der Waals surface area contributed by atoms with E-state index in [9.17, 15) is 23.9 Å². The smallest absolute Gasteiger partial charge is 0.310 e. The summed E-state index contributed by atoms with van der Waals surface area (Å²) in [6, 6.07) is 13.2. The Bertz CT molecular complexity index is 1210. The molecule has 1 amide bonds. The third-order valence-electron chi connectivity index (χ3n) is 4.62. The predicted octanol–water partition coefficient (Wildman–Crippen LogP) is 3.53. The number of nitrogens with zero attached hydrogens (tertiary/aromatic N) is 2. The van der Waals surface area contributed by atoms with Crippen LogP contribution in [0.25, 0.3) is 16.9 Å². The van der Waals surface area contributed by atoms with Gasteiger partial charge in [-0.15, -0.1) is 0 Å². The maximum Gasteiger partial charge on any atom is 0.310 e. The van der Waals surface area contributed by atoms with Crippen LogP contribution in [-0.2, 0) is 4.79 Å². The maximum absolute atomic E-state index is 13.7. The third-order valence-corrected chi connectivity index (χ3v) is 4.87. The highest BCUT2D eigenvalue weighted by Gasteiger charge is 2.28. The standard InChI is InChI=1S/C22H19ClFN3O4/c1-22(2,21(30)31)12-25-19(28)17-11-18(13-6-8-14(23)9-7-13)26-27(20(17)29)16-5-3-4-15(24)10-16/h3-11H,12H2,1-2H3,(H,25,28)(H,30,31). The normalized spacial score (nSPS) is 11.2. The molecule has 2 N–H and O–H groups in total. The number of nitrogens with one attached hydrogen (secondary N) is 1. The largest absolute Gasteiger partial charge is 0.481 e. The minimum Gasteiger partial charge on any atom is -0.481 e. The summed E-state index contributed by atoms with van der Waals surface area (Å²) in [5, 5.41) is 16.5. The Labute approximate surface area is 182 Å². The van der Waals surface area contributed by atoms with Crippen molar-refractivity contribution in [1.82, 2.24) is 15.1 Å². The third kappa shape index (κ3) is 4.97. The van der Waals surface area contributed by atoms with Gasteiger partial charge in [-0.2, -0.15) is 9.78 Å². The van der Waals surface area contributed by atoms with Crippen LogP contribution in [0.5, 0.6) is 0 Å². The highest BCUT2D eigenvalue weighted by molar-refractivity contribution is 6.30. The SMILES string of the molecule is CC(C)(CNC(=O)c1cc(-c2ccc(Cl)cc2)nn(-c2cccc(F)c2)c1=O)C(=O)O. The molecule has 0 atom stereocenters. The lowest BCUT2D eigenvalue weighted by atomic mass is 9.94. The van der Waals surface area contributed by atoms with Gasteiger partial charge in [-0.05, 0) is 50.2 Å². The van der Waals surface area contributed by atoms with Gasteiger partial charge in [0.05, 0.1) is 16.8 Å². The Morgan fingerprint density at radius 3 is 2.45 bits per heavy atom. The Balaban J connectivity index is 2.11. The fraction of sp³-hybridized carbons (Fsp3) is 0.182. The summed E-state index contributed by atoms with van der Waals surface area (Å²) in [6.45, 7) is 2.71. The van der Waals surface area contributed by atoms with Crippen molar-refractivity contribution in [3.63, 3.8) is 0 Å². The van der Waals surface area contributed by atoms with Crippen molar-refractivity contribution in [3.05, 3.63) is 81.4 Å². The lowest BCUT2D eigenvalue weighted by Crippen LogP contribution is -2.41. The molecule has 0 radical (unpaired) electrons. The number of carbonyl (C=O) groups is 2. The van der Waals surface area contributed by atoms with E-state index < -0.39 is 28.7 Å². The number of rotatable bonds is 6. The highest BCUT2D eigenvalue weighted by Crippen LogP contribution is 2.21. The van der Waals surface area contributed by atoms with Gasteiger partial charge < -0.3 is 10.4 Å². The number of carboxylic acids is 1. The number of carbonyl (C=O) groups excluding carboxylic acids is 1. The second kappa shape index (κ2) is 8.69. The van der Waals surface area contributed by atoms with Gasteiger partial charge in [0.15, 0.2) is 0 Å². The van der Waals surface area contributed by atoms with Crippen molar-refractivity contribution in [3.8, 4) is 16.9 Å². The summed E-state index contributed by atoms with van der Waals surface area (Å²) in [6.07, 6.45) is 0. The first-order valence-electron chi connectivity index (χ1n) is 9.26. The molecule has 0 bridgehead atoms. The monoisotopic (exact) mass is 443 g/mol. The summed E-state index contributed by atoms with van der Waals surface area (Å²) in [5.74, 6) is -2.43. The number of amides is 1. The summed E-state index contributed by atoms with van der Waals surface area (Å²) in [5.41, 5.74) is -1.26. The number of aliphatic carboxylic acids is 1. The molecule has 31 heavy (non-hydrogen) atoms. The summed E-state index contributed by atoms with van der Waals surface area (Å²) in [7, 11) is 0. The van der Waals surface area contributed by atoms with Crippen LogP contribution < -0.4 is 10.9 Å². The van der Waals surface area contributed by atoms with E-state index in [0.29, 0.717) is 10.6 Å². The van der Waals surface area contributed by atoms with Crippen molar-refractivity contribution in [2.75, 3.05) is 6.54 Å². The van der Waals surface area contributed by atoms with Crippen molar-refractivity contribution in [1.29, 1.82) is 0 Å². The minimum absolute atomic E-state index is 0.140. The number of halogens is 2. The Hall–Kier alpha value is -3.52. The van der Waals surface area contributed by atoms with Gasteiger partial charge in [0.25, 0.3) is 11.5 Å². The molecular weight excluding hydrogens is 425 g/mol. The molecule has 0 saturated carbocycles. The van der Waals surface area contributed by atoms with Gasteiger partial charge in [-0.3, -0.25) is 14.4 Å². The topological polar surface area (TPSA) is 101 Å². The van der Waals surface area contributed by atoms with E-state index in [1.165, 1.54) is 38.1 Å². The van der Waals surface area contributed by atoms with E-state index in [1.807, 2.05) is 0 Å². The molecule has 2 aromatic carbocycles. The first-order chi connectivity index (χ1) is 14.6. The number of hydrogen-bond acceptors (Lipinski definition) is 4. The fourth-order valence-electron chi connectivity index (χ4n) is 2.67. The van der Waals surface area contributed by atoms with E-state index in [-0.39, 0.29) is 23.5 Å². The van der Waals surface area contributed by atoms with Crippen LogP contribution in [0.1, 0.15) is 24.2 Å². The maximum atomic E-state index is 13.7. The van der Waals surface area contributed by atoms with Gasteiger partial charge in [-0.1, -0.05) is 29.8 Å². The quantitative estimate of drug-likeness (QED) is 0.607. The molecule has 160 valence electrons. The molecule has 1 aromatic heterocycles. The molecule has 9 heteroatoms. The van der Waals surface area contributed by atoms with E-state index in [1.54, 1.807) is 24.3 Å². The number of hydrogen-bond donors (Lipinski definition) is 2. The van der Waals surface area contributed by atoms with Crippen molar-refractivity contribution in [2.45, 2.75) is 13.8 Å². The van der Waals surface area contributed by atoms with Crippen LogP contribution in [-0.4, -0.2) is 33.3 Å². The molecule has 0 aliphatic carbocycles. The van der Waals surface area contributed by atoms with Crippen molar-refractivity contribution >= 4 is 23.5 Å². The van der Waals surface area contributed by atoms with E-state index >= 15 is 0 Å². The van der Waals surface area contributed by atoms with Gasteiger partial charge in [0.2, 0.25) is 0 Å². The van der Waals surface area contributed by atoms with Crippen LogP contribution in [0.3, 0.4) is 0 Å². The zero-order valence-electron chi connectivity index (χ0n) is 16.7. The van der Waals surface area contributed by atoms with Crippen LogP contribution in [0.15, 0.2) is 59.4 Å². The average Bonchev–Trinajstić information content (AvgIpc) is 2.73. The zero-order valence-corrected chi connectivity index (χ0v) is 17.5. The molecule has 0 spiro atoms. The van der Waals surface area contributed by atoms with E-state index in [2.05, 4.69) is 10.4 Å². The summed E-state index contributed by atoms with van der Waals surface area (Å²) < 4.78 is 14.7. The second-order valence-corrected chi connectivity index (χ2v) is 7.96. The van der Waals surface area contributed by atoms with Gasteiger partial charge >= 0.3 is 5.97 Å². The van der Waals surface area contributed by atoms with Crippen molar-refractivity contribution in [2.24, 2.45) is 5.41 Å². The van der Waals surface area contributed by atoms with Crippen LogP contribution in [0.4, 0.5) is 4.39 Å². The minimum atomic E-state index is -1.23. The molecule has 1 heterocycles. The molecular formula is C22H19ClFN3O4. The summed E-state index contributed by atoms with van der Waals surface area (Å²) >= 11 is 5.93. The number of carboxylic acid groups (broad SMARTS) is 1. The number of benzene rings is 2. The predicted molar refractivity (Wildman–Crippen MR) is 114 cm³/mol. The lowest BCUT2D eigenvalue weighted by molar-refractivity contribution is -0.146. The molecule has 7 nitrogen and oxygen atoms in total. The average molecular weight is 444 g/mol. The molecule has 0 unspecified atom stereocenters. The zero-order chi connectivity index (χ0) is 22.8. The van der Waals surface area contributed by atoms with Gasteiger partial charge in [-0.25, -0.2) is 4.39 Å². The molecule has 0 aliphatic heterocycles. The second-order valence-electron chi connectivity index (χ2n) is 7.52. The summed E-state index contributed by atoms with van der Waals surface area (Å²) in [4.78, 5) is 37.1. The number of aromatic nitrogens is 2. The molecule has 0 aliphatic rings. The van der Waals surface area contributed by atoms with Crippen LogP contribution in [0.2, 0.25) is 5.02 Å². The van der Waals surface area contributed by atoms with Gasteiger partial charge in [0.1, 0.15) is 11.4 Å². The first kappa shape index (κ1) is 22.2. The van der Waals surface area contributed by atoms with E-state index in [0.717, 1.165) is 10.7 Å². The molecule has 0 fully saturated rings. The van der Waals surface area contributed by atoms with Crippen molar-refractivity contribution < 1.29 is 19.1 Å². The van der Waals surface area contributed by atoms with E-state index in [4.69, 9.17) is 11.6 Å². The lowest BCUT2D eigenvalue weighted by Gasteiger charge is -2.19. The van der Waals surface area contributed by atoms with Gasteiger partial charge in [0, 0.05) is 17.1 Å². The van der Waals surface area contributed by atoms with Crippen LogP contribution in [0, 0.1) is 11.2 Å². The Morgan fingerprint density at radius 1 is 1.16 bits per heavy atom. The Morgan fingerprint density at radius 2 is 1.84 bits per heavy atom.